The number of hydrogen-bond acceptors (Lipinski definition) is 3. The molecule has 1 aromatic rings. The van der Waals surface area contributed by atoms with Gasteiger partial charge in [-0.3, -0.25) is 9.69 Å². The van der Waals surface area contributed by atoms with Crippen LogP contribution in [-0.2, 0) is 14.9 Å². The van der Waals surface area contributed by atoms with E-state index in [1.54, 1.807) is 12.1 Å². The average Bonchev–Trinajstić information content (AvgIpc) is 3.05. The fourth-order valence-corrected chi connectivity index (χ4v) is 4.54. The number of morpholine rings is 1. The maximum absolute atomic E-state index is 13.3. The molecule has 2 heterocycles. The molecule has 0 N–H and O–H groups in total. The first-order valence-corrected chi connectivity index (χ1v) is 9.53. The van der Waals surface area contributed by atoms with Gasteiger partial charge >= 0.3 is 0 Å². The molecule has 136 valence electrons. The third-order valence-corrected chi connectivity index (χ3v) is 6.21. The zero-order chi connectivity index (χ0) is 17.3. The van der Waals surface area contributed by atoms with Crippen LogP contribution in [0.2, 0.25) is 0 Å². The van der Waals surface area contributed by atoms with Crippen molar-refractivity contribution in [3.8, 4) is 0 Å². The van der Waals surface area contributed by atoms with Crippen molar-refractivity contribution in [2.45, 2.75) is 31.1 Å². The molecule has 0 spiro atoms. The van der Waals surface area contributed by atoms with E-state index in [2.05, 4.69) is 9.80 Å². The van der Waals surface area contributed by atoms with Crippen LogP contribution in [0.5, 0.6) is 0 Å². The first kappa shape index (κ1) is 17.0. The molecule has 3 aliphatic rings. The molecule has 1 atom stereocenters. The zero-order valence-electron chi connectivity index (χ0n) is 14.8. The summed E-state index contributed by atoms with van der Waals surface area (Å²) in [6.45, 7) is 6.44. The van der Waals surface area contributed by atoms with Crippen molar-refractivity contribution in [1.82, 2.24) is 9.80 Å². The highest BCUT2D eigenvalue weighted by Crippen LogP contribution is 2.46. The second-order valence-electron chi connectivity index (χ2n) is 7.76. The number of halogens is 1. The number of hydrogen-bond donors (Lipinski definition) is 0. The van der Waals surface area contributed by atoms with Gasteiger partial charge in [0.05, 0.1) is 18.6 Å². The van der Waals surface area contributed by atoms with E-state index in [1.165, 1.54) is 12.1 Å². The van der Waals surface area contributed by atoms with Crippen LogP contribution in [0.25, 0.3) is 0 Å². The van der Waals surface area contributed by atoms with E-state index in [4.69, 9.17) is 4.74 Å². The standard InChI is InChI=1S/C20H27FN2O2/c21-18-4-2-17(3-5-18)20(7-1-8-20)19(24)23-9-6-16(15-23)14-22-10-12-25-13-11-22/h2-5,16H,1,6-15H2/t16-/m1/s1. The Morgan fingerprint density at radius 1 is 1.16 bits per heavy atom. The molecule has 0 bridgehead atoms. The van der Waals surface area contributed by atoms with Crippen LogP contribution in [0.3, 0.4) is 0 Å². The highest BCUT2D eigenvalue weighted by Gasteiger charge is 2.48. The van der Waals surface area contributed by atoms with Crippen molar-refractivity contribution in [2.75, 3.05) is 45.9 Å². The van der Waals surface area contributed by atoms with Crippen LogP contribution in [0.1, 0.15) is 31.2 Å². The lowest BCUT2D eigenvalue weighted by Crippen LogP contribution is -2.50. The van der Waals surface area contributed by atoms with Gasteiger partial charge in [0.2, 0.25) is 5.91 Å². The van der Waals surface area contributed by atoms with Gasteiger partial charge in [0.25, 0.3) is 0 Å². The highest BCUT2D eigenvalue weighted by molar-refractivity contribution is 5.89. The Balaban J connectivity index is 1.41. The van der Waals surface area contributed by atoms with Gasteiger partial charge in [-0.2, -0.15) is 0 Å². The Morgan fingerprint density at radius 3 is 2.52 bits per heavy atom. The van der Waals surface area contributed by atoms with Gasteiger partial charge in [-0.25, -0.2) is 4.39 Å². The van der Waals surface area contributed by atoms with Crippen molar-refractivity contribution in [3.05, 3.63) is 35.6 Å². The molecular formula is C20H27FN2O2. The Kier molecular flexibility index (Phi) is 4.78. The highest BCUT2D eigenvalue weighted by atomic mass is 19.1. The summed E-state index contributed by atoms with van der Waals surface area (Å²) in [5.41, 5.74) is 0.587. The molecule has 4 nitrogen and oxygen atoms in total. The molecule has 2 saturated heterocycles. The first-order valence-electron chi connectivity index (χ1n) is 9.53. The van der Waals surface area contributed by atoms with E-state index in [1.807, 2.05) is 0 Å². The lowest BCUT2D eigenvalue weighted by Gasteiger charge is -2.43. The topological polar surface area (TPSA) is 32.8 Å². The number of carbonyl (C=O) groups excluding carboxylic acids is 1. The lowest BCUT2D eigenvalue weighted by molar-refractivity contribution is -0.140. The molecule has 1 saturated carbocycles. The SMILES string of the molecule is O=C(N1CC[C@H](CN2CCOCC2)C1)C1(c2ccc(F)cc2)CCC1. The summed E-state index contributed by atoms with van der Waals surface area (Å²) in [6, 6.07) is 6.56. The van der Waals surface area contributed by atoms with Gasteiger partial charge < -0.3 is 9.64 Å². The van der Waals surface area contributed by atoms with Crippen LogP contribution in [0.15, 0.2) is 24.3 Å². The summed E-state index contributed by atoms with van der Waals surface area (Å²) in [6.07, 6.45) is 3.95. The second kappa shape index (κ2) is 7.04. The van der Waals surface area contributed by atoms with Crippen molar-refractivity contribution in [3.63, 3.8) is 0 Å². The molecule has 2 aliphatic heterocycles. The lowest BCUT2D eigenvalue weighted by atomic mass is 9.63. The van der Waals surface area contributed by atoms with Gasteiger partial charge in [-0.1, -0.05) is 18.6 Å². The molecular weight excluding hydrogens is 319 g/mol. The van der Waals surface area contributed by atoms with Crippen molar-refractivity contribution in [1.29, 1.82) is 0 Å². The normalized spacial score (nSPS) is 26.4. The molecule has 1 aliphatic carbocycles. The van der Waals surface area contributed by atoms with Crippen molar-refractivity contribution < 1.29 is 13.9 Å². The molecule has 1 aromatic carbocycles. The predicted molar refractivity (Wildman–Crippen MR) is 93.9 cm³/mol. The van der Waals surface area contributed by atoms with Gasteiger partial charge in [0.1, 0.15) is 5.82 Å². The van der Waals surface area contributed by atoms with Crippen LogP contribution < -0.4 is 0 Å². The number of rotatable bonds is 4. The van der Waals surface area contributed by atoms with Gasteiger partial charge in [0.15, 0.2) is 0 Å². The summed E-state index contributed by atoms with van der Waals surface area (Å²) in [4.78, 5) is 17.8. The number of amides is 1. The third-order valence-electron chi connectivity index (χ3n) is 6.21. The van der Waals surface area contributed by atoms with Gasteiger partial charge in [-0.05, 0) is 42.9 Å². The maximum Gasteiger partial charge on any atom is 0.233 e. The van der Waals surface area contributed by atoms with Gasteiger partial charge in [-0.15, -0.1) is 0 Å². The molecule has 5 heteroatoms. The van der Waals surface area contributed by atoms with Crippen LogP contribution in [-0.4, -0.2) is 61.6 Å². The van der Waals surface area contributed by atoms with E-state index >= 15 is 0 Å². The molecule has 3 fully saturated rings. The fourth-order valence-electron chi connectivity index (χ4n) is 4.54. The smallest absolute Gasteiger partial charge is 0.233 e. The Hall–Kier alpha value is -1.46. The summed E-state index contributed by atoms with van der Waals surface area (Å²) in [5, 5.41) is 0. The molecule has 4 rings (SSSR count). The minimum Gasteiger partial charge on any atom is -0.379 e. The third kappa shape index (κ3) is 3.32. The number of carbonyl (C=O) groups is 1. The predicted octanol–water partition coefficient (Wildman–Crippen LogP) is 2.43. The summed E-state index contributed by atoms with van der Waals surface area (Å²) in [7, 11) is 0. The summed E-state index contributed by atoms with van der Waals surface area (Å²) < 4.78 is 18.7. The van der Waals surface area contributed by atoms with Crippen LogP contribution in [0, 0.1) is 11.7 Å². The van der Waals surface area contributed by atoms with Gasteiger partial charge in [0, 0.05) is 32.7 Å². The van der Waals surface area contributed by atoms with E-state index in [9.17, 15) is 9.18 Å². The molecule has 0 unspecified atom stereocenters. The quantitative estimate of drug-likeness (QED) is 0.839. The fraction of sp³-hybridized carbons (Fsp3) is 0.650. The van der Waals surface area contributed by atoms with E-state index < -0.39 is 5.41 Å². The Labute approximate surface area is 148 Å². The second-order valence-corrected chi connectivity index (χ2v) is 7.76. The Morgan fingerprint density at radius 2 is 1.88 bits per heavy atom. The van der Waals surface area contributed by atoms with Crippen LogP contribution >= 0.6 is 0 Å². The average molecular weight is 346 g/mol. The zero-order valence-corrected chi connectivity index (χ0v) is 14.8. The first-order chi connectivity index (χ1) is 12.2. The van der Waals surface area contributed by atoms with Crippen molar-refractivity contribution in [2.24, 2.45) is 5.92 Å². The minimum absolute atomic E-state index is 0.238. The number of ether oxygens (including phenoxy) is 1. The maximum atomic E-state index is 13.3. The number of nitrogens with zero attached hydrogens (tertiary/aromatic N) is 2. The minimum atomic E-state index is -0.401. The largest absolute Gasteiger partial charge is 0.379 e. The summed E-state index contributed by atoms with van der Waals surface area (Å²) >= 11 is 0. The molecule has 0 radical (unpaired) electrons. The molecule has 25 heavy (non-hydrogen) atoms. The Bertz CT molecular complexity index is 609. The van der Waals surface area contributed by atoms with Crippen LogP contribution in [0.4, 0.5) is 4.39 Å². The van der Waals surface area contributed by atoms with E-state index in [0.29, 0.717) is 5.92 Å². The van der Waals surface area contributed by atoms with E-state index in [0.717, 1.165) is 77.2 Å². The monoisotopic (exact) mass is 346 g/mol. The molecule has 1 amide bonds. The van der Waals surface area contributed by atoms with Crippen molar-refractivity contribution >= 4 is 5.91 Å². The molecule has 0 aromatic heterocycles. The summed E-state index contributed by atoms with van der Waals surface area (Å²) in [5.74, 6) is 0.583. The van der Waals surface area contributed by atoms with E-state index in [-0.39, 0.29) is 11.7 Å². The number of benzene rings is 1. The number of likely N-dealkylation sites (tertiary alicyclic amines) is 1.